The maximum Gasteiger partial charge on any atom is 0.409 e. The number of hydrogen-bond donors (Lipinski definition) is 0. The summed E-state index contributed by atoms with van der Waals surface area (Å²) in [6.45, 7) is 13.3. The number of benzene rings is 1. The van der Waals surface area contributed by atoms with Gasteiger partial charge in [0.2, 0.25) is 5.52 Å². The molecule has 0 spiro atoms. The molecule has 176 valence electrons. The molecular formula is C27H36N3O2S+. The Morgan fingerprint density at radius 2 is 1.91 bits per heavy atom. The van der Waals surface area contributed by atoms with E-state index < -0.39 is 0 Å². The van der Waals surface area contributed by atoms with Gasteiger partial charge in [-0.2, -0.15) is 4.57 Å². The minimum Gasteiger partial charge on any atom is -0.450 e. The van der Waals surface area contributed by atoms with Crippen LogP contribution in [0.5, 0.6) is 0 Å². The number of aryl methyl sites for hydroxylation is 1. The third kappa shape index (κ3) is 5.49. The van der Waals surface area contributed by atoms with E-state index in [0.29, 0.717) is 6.61 Å². The maximum atomic E-state index is 12.0. The lowest BCUT2D eigenvalue weighted by atomic mass is 9.76. The summed E-state index contributed by atoms with van der Waals surface area (Å²) in [6.07, 6.45) is 11.1. The van der Waals surface area contributed by atoms with Crippen molar-refractivity contribution in [2.75, 3.05) is 32.8 Å². The van der Waals surface area contributed by atoms with Crippen LogP contribution >= 0.6 is 11.3 Å². The molecule has 2 heterocycles. The van der Waals surface area contributed by atoms with Gasteiger partial charge in [0.25, 0.3) is 5.01 Å². The summed E-state index contributed by atoms with van der Waals surface area (Å²) in [5, 5.41) is 1.28. The molecule has 1 fully saturated rings. The van der Waals surface area contributed by atoms with E-state index in [0.717, 1.165) is 45.6 Å². The lowest BCUT2D eigenvalue weighted by Crippen LogP contribution is -2.49. The van der Waals surface area contributed by atoms with Crippen molar-refractivity contribution < 1.29 is 14.1 Å². The zero-order chi connectivity index (χ0) is 23.4. The third-order valence-electron chi connectivity index (χ3n) is 6.41. The fourth-order valence-corrected chi connectivity index (χ4v) is 6.02. The highest BCUT2D eigenvalue weighted by molar-refractivity contribution is 7.18. The monoisotopic (exact) mass is 466 g/mol. The van der Waals surface area contributed by atoms with Crippen molar-refractivity contribution in [3.63, 3.8) is 0 Å². The molecular weight excluding hydrogens is 430 g/mol. The number of para-hydroxylation sites is 1. The van der Waals surface area contributed by atoms with Gasteiger partial charge in [-0.1, -0.05) is 49.5 Å². The molecule has 0 radical (unpaired) electrons. The minimum atomic E-state index is -0.189. The van der Waals surface area contributed by atoms with Gasteiger partial charge in [-0.15, -0.1) is 0 Å². The Hall–Kier alpha value is -2.60. The van der Waals surface area contributed by atoms with Gasteiger partial charge >= 0.3 is 6.09 Å². The van der Waals surface area contributed by atoms with Crippen LogP contribution in [0, 0.1) is 5.41 Å². The molecule has 0 saturated carbocycles. The summed E-state index contributed by atoms with van der Waals surface area (Å²) in [4.78, 5) is 16.3. The molecule has 1 amide bonds. The van der Waals surface area contributed by atoms with Crippen LogP contribution in [0.3, 0.4) is 0 Å². The third-order valence-corrected chi connectivity index (χ3v) is 7.54. The standard InChI is InChI=1S/C27H36N3O2S/c1-5-30-23-11-7-8-12-24(23)33-25(30)13-9-10-21-18-22(20-27(3,4)19-21)28-14-16-29(17-15-28)26(31)32-6-2/h7-13,18H,5-6,14-17,19-20H2,1-4H3/q+1. The van der Waals surface area contributed by atoms with Gasteiger partial charge < -0.3 is 14.5 Å². The largest absolute Gasteiger partial charge is 0.450 e. The van der Waals surface area contributed by atoms with Crippen LogP contribution in [0.2, 0.25) is 0 Å². The van der Waals surface area contributed by atoms with Gasteiger partial charge in [0.05, 0.1) is 6.61 Å². The zero-order valence-corrected chi connectivity index (χ0v) is 21.2. The van der Waals surface area contributed by atoms with Crippen molar-refractivity contribution in [1.82, 2.24) is 9.80 Å². The first-order valence-electron chi connectivity index (χ1n) is 12.1. The number of hydrogen-bond acceptors (Lipinski definition) is 4. The molecule has 33 heavy (non-hydrogen) atoms. The SMILES string of the molecule is CCOC(=O)N1CCN(C2=C/C(=C/C=C/c3sc4ccccc4[n+]3CC)CC(C)(C)C2)CC1. The normalized spacial score (nSPS) is 20.0. The van der Waals surface area contributed by atoms with Crippen LogP contribution in [0.15, 0.2) is 53.8 Å². The average Bonchev–Trinajstić information content (AvgIpc) is 3.15. The van der Waals surface area contributed by atoms with Crippen molar-refractivity contribution in [3.8, 4) is 0 Å². The van der Waals surface area contributed by atoms with Crippen molar-refractivity contribution in [2.45, 2.75) is 47.1 Å². The Morgan fingerprint density at radius 3 is 2.64 bits per heavy atom. The van der Waals surface area contributed by atoms with Gasteiger partial charge in [0.15, 0.2) is 0 Å². The molecule has 5 nitrogen and oxygen atoms in total. The van der Waals surface area contributed by atoms with Crippen molar-refractivity contribution in [3.05, 3.63) is 58.8 Å². The average molecular weight is 467 g/mol. The smallest absolute Gasteiger partial charge is 0.409 e. The molecule has 1 aromatic carbocycles. The molecule has 0 bridgehead atoms. The molecule has 0 unspecified atom stereocenters. The number of nitrogens with zero attached hydrogens (tertiary/aromatic N) is 3. The minimum absolute atomic E-state index is 0.189. The Kier molecular flexibility index (Phi) is 7.23. The quantitative estimate of drug-likeness (QED) is 0.536. The van der Waals surface area contributed by atoms with E-state index in [9.17, 15) is 4.79 Å². The highest BCUT2D eigenvalue weighted by Gasteiger charge is 2.30. The first kappa shape index (κ1) is 23.6. The molecule has 1 aliphatic carbocycles. The molecule has 4 rings (SSSR count). The number of ether oxygens (including phenoxy) is 1. The molecule has 0 atom stereocenters. The van der Waals surface area contributed by atoms with Crippen LogP contribution in [0.4, 0.5) is 4.79 Å². The number of amides is 1. The zero-order valence-electron chi connectivity index (χ0n) is 20.3. The maximum absolute atomic E-state index is 12.0. The van der Waals surface area contributed by atoms with Crippen LogP contribution in [0.1, 0.15) is 45.5 Å². The summed E-state index contributed by atoms with van der Waals surface area (Å²) < 4.78 is 8.87. The number of carbonyl (C=O) groups excluding carboxylic acids is 1. The van der Waals surface area contributed by atoms with Gasteiger partial charge in [-0.3, -0.25) is 0 Å². The van der Waals surface area contributed by atoms with E-state index >= 15 is 0 Å². The number of aromatic nitrogens is 1. The number of thiazole rings is 1. The summed E-state index contributed by atoms with van der Waals surface area (Å²) in [5.41, 5.74) is 4.29. The molecule has 6 heteroatoms. The van der Waals surface area contributed by atoms with Crippen LogP contribution in [0.25, 0.3) is 16.3 Å². The van der Waals surface area contributed by atoms with E-state index in [-0.39, 0.29) is 11.5 Å². The number of allylic oxidation sites excluding steroid dienone is 5. The first-order valence-corrected chi connectivity index (χ1v) is 12.9. The fourth-order valence-electron chi connectivity index (χ4n) is 4.88. The topological polar surface area (TPSA) is 36.7 Å². The van der Waals surface area contributed by atoms with E-state index in [2.05, 4.69) is 78.8 Å². The fraction of sp³-hybridized carbons (Fsp3) is 0.481. The molecule has 0 N–H and O–H groups in total. The van der Waals surface area contributed by atoms with E-state index in [1.807, 2.05) is 23.2 Å². The second-order valence-corrected chi connectivity index (χ2v) is 10.6. The van der Waals surface area contributed by atoms with Crippen LogP contribution < -0.4 is 4.57 Å². The van der Waals surface area contributed by atoms with Crippen LogP contribution in [-0.4, -0.2) is 48.7 Å². The highest BCUT2D eigenvalue weighted by atomic mass is 32.1. The number of piperazine rings is 1. The van der Waals surface area contributed by atoms with E-state index in [1.54, 1.807) is 0 Å². The predicted octanol–water partition coefficient (Wildman–Crippen LogP) is 5.63. The van der Waals surface area contributed by atoms with E-state index in [4.69, 9.17) is 4.74 Å². The Labute approximate surface area is 201 Å². The summed E-state index contributed by atoms with van der Waals surface area (Å²) in [7, 11) is 0. The molecule has 2 aromatic rings. The second kappa shape index (κ2) is 10.1. The summed E-state index contributed by atoms with van der Waals surface area (Å²) >= 11 is 1.84. The van der Waals surface area contributed by atoms with Crippen molar-refractivity contribution in [2.24, 2.45) is 5.41 Å². The molecule has 1 aromatic heterocycles. The number of carbonyl (C=O) groups is 1. The lowest BCUT2D eigenvalue weighted by molar-refractivity contribution is -0.665. The van der Waals surface area contributed by atoms with Crippen molar-refractivity contribution in [1.29, 1.82) is 0 Å². The molecule has 2 aliphatic rings. The Balaban J connectivity index is 1.50. The van der Waals surface area contributed by atoms with Gasteiger partial charge in [0.1, 0.15) is 11.2 Å². The summed E-state index contributed by atoms with van der Waals surface area (Å²) in [5.74, 6) is 0. The number of fused-ring (bicyclic) bond motifs is 1. The van der Waals surface area contributed by atoms with Gasteiger partial charge in [-0.05, 0) is 49.8 Å². The lowest BCUT2D eigenvalue weighted by Gasteiger charge is -2.41. The summed E-state index contributed by atoms with van der Waals surface area (Å²) in [6, 6.07) is 8.62. The van der Waals surface area contributed by atoms with E-state index in [1.165, 1.54) is 26.5 Å². The second-order valence-electron chi connectivity index (χ2n) is 9.58. The first-order chi connectivity index (χ1) is 15.9. The molecule has 1 saturated heterocycles. The highest BCUT2D eigenvalue weighted by Crippen LogP contribution is 2.39. The van der Waals surface area contributed by atoms with Gasteiger partial charge in [0, 0.05) is 44.0 Å². The number of rotatable bonds is 5. The predicted molar refractivity (Wildman–Crippen MR) is 136 cm³/mol. The Bertz CT molecular complexity index is 1090. The van der Waals surface area contributed by atoms with Crippen LogP contribution in [-0.2, 0) is 11.3 Å². The molecule has 1 aliphatic heterocycles. The van der Waals surface area contributed by atoms with Crippen molar-refractivity contribution >= 4 is 33.7 Å². The van der Waals surface area contributed by atoms with Gasteiger partial charge in [-0.25, -0.2) is 4.79 Å². The Morgan fingerprint density at radius 1 is 1.15 bits per heavy atom.